The van der Waals surface area contributed by atoms with Crippen molar-refractivity contribution in [3.8, 4) is 17.1 Å². The van der Waals surface area contributed by atoms with Gasteiger partial charge in [-0.05, 0) is 92.8 Å². The zero-order valence-electron chi connectivity index (χ0n) is 29.6. The fourth-order valence-corrected chi connectivity index (χ4v) is 6.96. The van der Waals surface area contributed by atoms with Crippen LogP contribution in [0.3, 0.4) is 0 Å². The number of para-hydroxylation sites is 1. The predicted molar refractivity (Wildman–Crippen MR) is 207 cm³/mol. The second-order valence-electron chi connectivity index (χ2n) is 13.4. The number of aromatic hydroxyl groups is 1. The van der Waals surface area contributed by atoms with E-state index in [2.05, 4.69) is 16.0 Å². The molecule has 3 atom stereocenters. The molecule has 0 saturated carbocycles. The number of hydrogen-bond donors (Lipinski definition) is 5. The van der Waals surface area contributed by atoms with E-state index in [1.165, 1.54) is 12.1 Å². The Kier molecular flexibility index (Phi) is 12.1. The topological polar surface area (TPSA) is 187 Å². The lowest BCUT2D eigenvalue weighted by Crippen LogP contribution is -2.56. The molecule has 0 saturated heterocycles. The number of halogens is 1. The molecule has 0 radical (unpaired) electrons. The highest BCUT2D eigenvalue weighted by Gasteiger charge is 2.51. The second kappa shape index (κ2) is 16.3. The summed E-state index contributed by atoms with van der Waals surface area (Å²) in [5, 5.41) is 19.5. The van der Waals surface area contributed by atoms with Crippen LogP contribution in [0.1, 0.15) is 63.1 Å². The Hall–Kier alpha value is -5.05. The molecule has 4 heterocycles. The van der Waals surface area contributed by atoms with Crippen molar-refractivity contribution in [2.45, 2.75) is 77.3 Å². The number of pyridine rings is 2. The number of thiocarbonyl (C=S) groups is 1. The van der Waals surface area contributed by atoms with Gasteiger partial charge in [-0.15, -0.1) is 12.4 Å². The molecule has 1 amide bonds. The summed E-state index contributed by atoms with van der Waals surface area (Å²) in [7, 11) is 0. The molecule has 0 bridgehead atoms. The fraction of sp³-hybridized carbons (Fsp3) is 0.368. The monoisotopic (exact) mass is 762 g/mol. The minimum absolute atomic E-state index is 0. The van der Waals surface area contributed by atoms with E-state index in [0.29, 0.717) is 49.4 Å². The van der Waals surface area contributed by atoms with Crippen LogP contribution >= 0.6 is 24.6 Å². The first-order valence-electron chi connectivity index (χ1n) is 17.4. The molecule has 0 spiro atoms. The lowest BCUT2D eigenvalue weighted by molar-refractivity contribution is -0.191. The molecule has 2 aliphatic heterocycles. The van der Waals surface area contributed by atoms with E-state index in [1.54, 1.807) is 43.5 Å². The first kappa shape index (κ1) is 39.2. The van der Waals surface area contributed by atoms with Gasteiger partial charge in [0.05, 0.1) is 29.0 Å². The number of carbonyl (C=O) groups is 3. The molecular weight excluding hydrogens is 720 g/mol. The average Bonchev–Trinajstić information content (AvgIpc) is 3.48. The van der Waals surface area contributed by atoms with Gasteiger partial charge in [-0.2, -0.15) is 0 Å². The summed E-state index contributed by atoms with van der Waals surface area (Å²) in [6, 6.07) is 15.6. The van der Waals surface area contributed by atoms with E-state index in [9.17, 15) is 24.3 Å². The highest BCUT2D eigenvalue weighted by molar-refractivity contribution is 7.80. The van der Waals surface area contributed by atoms with Crippen LogP contribution in [0.4, 0.5) is 5.69 Å². The molecule has 0 fully saturated rings. The maximum atomic E-state index is 14.1. The highest BCUT2D eigenvalue weighted by Crippen LogP contribution is 2.41. The van der Waals surface area contributed by atoms with Crippen molar-refractivity contribution in [1.29, 1.82) is 0 Å². The van der Waals surface area contributed by atoms with Crippen LogP contribution in [0.25, 0.3) is 22.3 Å². The van der Waals surface area contributed by atoms with Gasteiger partial charge in [0.2, 0.25) is 11.5 Å². The number of benzene rings is 2. The van der Waals surface area contributed by atoms with Gasteiger partial charge in [-0.1, -0.05) is 39.0 Å². The lowest BCUT2D eigenvalue weighted by Gasteiger charge is -2.37. The molecule has 53 heavy (non-hydrogen) atoms. The molecule has 280 valence electrons. The number of nitrogens with two attached hydrogens (primary N) is 1. The molecule has 4 aromatic rings. The van der Waals surface area contributed by atoms with Gasteiger partial charge in [0.1, 0.15) is 24.4 Å². The van der Waals surface area contributed by atoms with Crippen molar-refractivity contribution >= 4 is 64.2 Å². The third-order valence-electron chi connectivity index (χ3n) is 9.57. The summed E-state index contributed by atoms with van der Waals surface area (Å²) >= 11 is 5.48. The van der Waals surface area contributed by atoms with Gasteiger partial charge in [0.15, 0.2) is 5.11 Å². The minimum atomic E-state index is -1.94. The maximum absolute atomic E-state index is 14.1. The van der Waals surface area contributed by atoms with Crippen LogP contribution in [-0.2, 0) is 42.6 Å². The van der Waals surface area contributed by atoms with E-state index in [0.717, 1.165) is 16.5 Å². The van der Waals surface area contributed by atoms with Crippen LogP contribution in [0, 0.1) is 5.92 Å². The third kappa shape index (κ3) is 7.85. The lowest BCUT2D eigenvalue weighted by atomic mass is 9.85. The second-order valence-corrected chi connectivity index (χ2v) is 13.8. The van der Waals surface area contributed by atoms with Crippen LogP contribution in [-0.4, -0.2) is 56.2 Å². The first-order valence-corrected chi connectivity index (χ1v) is 17.8. The smallest absolute Gasteiger partial charge is 0.355 e. The third-order valence-corrected chi connectivity index (χ3v) is 9.79. The largest absolute Gasteiger partial charge is 0.508 e. The average molecular weight is 763 g/mol. The Labute approximate surface area is 318 Å². The van der Waals surface area contributed by atoms with Crippen LogP contribution in [0.15, 0.2) is 65.5 Å². The number of esters is 2. The van der Waals surface area contributed by atoms with Crippen LogP contribution in [0.2, 0.25) is 0 Å². The number of amides is 1. The molecule has 15 heteroatoms. The zero-order chi connectivity index (χ0) is 37.2. The summed E-state index contributed by atoms with van der Waals surface area (Å²) in [5.74, 6) is -2.52. The molecule has 0 unspecified atom stereocenters. The standard InChI is InChI=1S/C38H42N6O7S.ClH/c1-4-38(27-18-30-32-23(17-22-9-5-6-10-28(22)41-32)19-44(30)34(47)26(27)20-50-36(38)49)51-35(48)31(21(2)3)43-33(46)29(11-7-8-16-39)42-37(52)40-24-12-14-25(45)15-13-24;/h5-6,9-10,12-15,17-18,21,29,31,45H,4,7-8,11,16,19-20,39H2,1-3H3,(H,43,46)(H2,40,42,52);1H/t29-,31-,38-;/m0./s1. The number of unbranched alkanes of at least 4 members (excludes halogenated alkanes) is 1. The summed E-state index contributed by atoms with van der Waals surface area (Å²) in [4.78, 5) is 60.4. The number of rotatable bonds is 12. The van der Waals surface area contributed by atoms with Gasteiger partial charge < -0.3 is 40.8 Å². The van der Waals surface area contributed by atoms with Crippen molar-refractivity contribution < 1.29 is 29.0 Å². The maximum Gasteiger partial charge on any atom is 0.355 e. The Morgan fingerprint density at radius 2 is 1.83 bits per heavy atom. The zero-order valence-corrected chi connectivity index (χ0v) is 31.3. The van der Waals surface area contributed by atoms with Gasteiger partial charge >= 0.3 is 11.9 Å². The van der Waals surface area contributed by atoms with E-state index < -0.39 is 41.4 Å². The highest BCUT2D eigenvalue weighted by atomic mass is 35.5. The summed E-state index contributed by atoms with van der Waals surface area (Å²) in [6.45, 7) is 5.65. The molecule has 2 aromatic heterocycles. The summed E-state index contributed by atoms with van der Waals surface area (Å²) < 4.78 is 13.2. The van der Waals surface area contributed by atoms with Gasteiger partial charge in [0, 0.05) is 22.2 Å². The van der Waals surface area contributed by atoms with Crippen molar-refractivity contribution in [3.63, 3.8) is 0 Å². The van der Waals surface area contributed by atoms with E-state index in [4.69, 9.17) is 32.4 Å². The SMILES string of the molecule is CC[C@@]1(OC(=O)[C@@H](NC(=O)[C@H](CCCCN)NC(=S)Nc2ccc(O)cc2)C(C)C)C(=O)OCc2c1cc1n(c2=O)Cc2cc3ccccc3nc2-1.Cl. The molecule has 2 aliphatic rings. The Morgan fingerprint density at radius 1 is 1.09 bits per heavy atom. The number of ether oxygens (including phenoxy) is 2. The number of phenols is 1. The van der Waals surface area contributed by atoms with E-state index >= 15 is 0 Å². The molecular formula is C38H43ClN6O7S. The number of cyclic esters (lactones) is 1. The van der Waals surface area contributed by atoms with Crippen molar-refractivity contribution in [2.75, 3.05) is 11.9 Å². The predicted octanol–water partition coefficient (Wildman–Crippen LogP) is 4.38. The molecule has 2 aromatic carbocycles. The number of carbonyl (C=O) groups excluding carboxylic acids is 3. The van der Waals surface area contributed by atoms with Crippen molar-refractivity contribution in [3.05, 3.63) is 87.7 Å². The van der Waals surface area contributed by atoms with Gasteiger partial charge in [-0.25, -0.2) is 14.6 Å². The number of anilines is 1. The fourth-order valence-electron chi connectivity index (χ4n) is 6.70. The molecule has 13 nitrogen and oxygen atoms in total. The molecule has 6 rings (SSSR count). The number of phenolic OH excluding ortho intramolecular Hbond substituents is 1. The Balaban J connectivity index is 0.00000541. The minimum Gasteiger partial charge on any atom is -0.508 e. The molecule has 0 aliphatic carbocycles. The number of hydrogen-bond acceptors (Lipinski definition) is 10. The van der Waals surface area contributed by atoms with Crippen LogP contribution < -0.4 is 27.2 Å². The van der Waals surface area contributed by atoms with Gasteiger partial charge in [0.25, 0.3) is 5.56 Å². The Bertz CT molecular complexity index is 2110. The number of aromatic nitrogens is 2. The van der Waals surface area contributed by atoms with Crippen molar-refractivity contribution in [1.82, 2.24) is 20.2 Å². The van der Waals surface area contributed by atoms with Crippen molar-refractivity contribution in [2.24, 2.45) is 11.7 Å². The number of fused-ring (bicyclic) bond motifs is 5. The van der Waals surface area contributed by atoms with E-state index in [-0.39, 0.29) is 53.0 Å². The summed E-state index contributed by atoms with van der Waals surface area (Å²) in [6.07, 6.45) is 1.61. The number of nitrogens with one attached hydrogen (secondary N) is 3. The van der Waals surface area contributed by atoms with Crippen LogP contribution in [0.5, 0.6) is 5.75 Å². The first-order chi connectivity index (χ1) is 24.9. The normalized spacial score (nSPS) is 16.7. The van der Waals surface area contributed by atoms with Gasteiger partial charge in [-0.3, -0.25) is 9.59 Å². The summed E-state index contributed by atoms with van der Waals surface area (Å²) in [5.41, 5.74) is 7.24. The molecule has 6 N–H and O–H groups in total. The van der Waals surface area contributed by atoms with E-state index in [1.807, 2.05) is 30.3 Å². The number of nitrogens with zero attached hydrogens (tertiary/aromatic N) is 2. The quantitative estimate of drug-likeness (QED) is 0.0524. The Morgan fingerprint density at radius 3 is 2.53 bits per heavy atom.